The Bertz CT molecular complexity index is 507. The van der Waals surface area contributed by atoms with E-state index in [0.717, 1.165) is 23.7 Å². The average molecular weight is 348 g/mol. The molecule has 0 atom stereocenters. The van der Waals surface area contributed by atoms with Gasteiger partial charge >= 0.3 is 0 Å². The van der Waals surface area contributed by atoms with Gasteiger partial charge in [0.2, 0.25) is 10.0 Å². The number of halogens is 1. The van der Waals surface area contributed by atoms with E-state index in [-0.39, 0.29) is 6.61 Å². The Balaban J connectivity index is 2.07. The van der Waals surface area contributed by atoms with Gasteiger partial charge in [0, 0.05) is 24.2 Å². The van der Waals surface area contributed by atoms with E-state index in [9.17, 15) is 8.42 Å². The van der Waals surface area contributed by atoms with Gasteiger partial charge in [0.1, 0.15) is 0 Å². The van der Waals surface area contributed by atoms with Crippen molar-refractivity contribution in [2.24, 2.45) is 5.92 Å². The van der Waals surface area contributed by atoms with E-state index in [1.165, 1.54) is 0 Å². The van der Waals surface area contributed by atoms with Crippen molar-refractivity contribution in [2.75, 3.05) is 19.7 Å². The first-order valence-electron chi connectivity index (χ1n) is 6.40. The molecule has 0 radical (unpaired) electrons. The highest BCUT2D eigenvalue weighted by Crippen LogP contribution is 2.26. The van der Waals surface area contributed by atoms with E-state index in [1.807, 2.05) is 0 Å². The second-order valence-corrected chi connectivity index (χ2v) is 7.67. The molecule has 1 heterocycles. The first-order valence-corrected chi connectivity index (χ1v) is 8.64. The van der Waals surface area contributed by atoms with Crippen molar-refractivity contribution in [3.05, 3.63) is 28.7 Å². The fourth-order valence-electron chi connectivity index (χ4n) is 2.38. The summed E-state index contributed by atoms with van der Waals surface area (Å²) in [5.41, 5.74) is 0. The van der Waals surface area contributed by atoms with Crippen molar-refractivity contribution in [1.29, 1.82) is 0 Å². The predicted octanol–water partition coefficient (Wildman–Crippen LogP) is 2.23. The lowest BCUT2D eigenvalue weighted by molar-refractivity contribution is 0.208. The molecule has 1 saturated heterocycles. The molecule has 1 aromatic carbocycles. The highest BCUT2D eigenvalue weighted by Gasteiger charge is 2.28. The summed E-state index contributed by atoms with van der Waals surface area (Å²) in [5, 5.41) is 8.91. The van der Waals surface area contributed by atoms with Gasteiger partial charge in [0.25, 0.3) is 0 Å². The van der Waals surface area contributed by atoms with Crippen LogP contribution >= 0.6 is 15.9 Å². The molecule has 1 fully saturated rings. The predicted molar refractivity (Wildman–Crippen MR) is 77.3 cm³/mol. The number of benzene rings is 1. The summed E-state index contributed by atoms with van der Waals surface area (Å²) in [7, 11) is -3.37. The standard InChI is InChI=1S/C13H18BrNO3S/c14-12-1-3-13(4-2-12)19(17,18)15-8-5-11(6-9-15)7-10-16/h1-4,11,16H,5-10H2. The van der Waals surface area contributed by atoms with Gasteiger partial charge in [-0.25, -0.2) is 8.42 Å². The van der Waals surface area contributed by atoms with Crippen LogP contribution in [0.15, 0.2) is 33.6 Å². The summed E-state index contributed by atoms with van der Waals surface area (Å²) in [6.07, 6.45) is 2.43. The quantitative estimate of drug-likeness (QED) is 0.908. The largest absolute Gasteiger partial charge is 0.396 e. The van der Waals surface area contributed by atoms with Gasteiger partial charge < -0.3 is 5.11 Å². The molecule has 1 aliphatic heterocycles. The third-order valence-electron chi connectivity index (χ3n) is 3.56. The Labute approximate surface area is 122 Å². The van der Waals surface area contributed by atoms with E-state index in [0.29, 0.717) is 23.9 Å². The molecule has 4 nitrogen and oxygen atoms in total. The molecule has 1 aliphatic rings. The van der Waals surface area contributed by atoms with E-state index >= 15 is 0 Å². The minimum absolute atomic E-state index is 0.185. The molecular formula is C13H18BrNO3S. The third-order valence-corrected chi connectivity index (χ3v) is 6.00. The van der Waals surface area contributed by atoms with Crippen molar-refractivity contribution < 1.29 is 13.5 Å². The zero-order valence-corrected chi connectivity index (χ0v) is 13.0. The zero-order chi connectivity index (χ0) is 13.9. The highest BCUT2D eigenvalue weighted by atomic mass is 79.9. The lowest BCUT2D eigenvalue weighted by atomic mass is 9.95. The molecule has 0 unspecified atom stereocenters. The number of aliphatic hydroxyl groups is 1. The van der Waals surface area contributed by atoms with Gasteiger partial charge in [0.05, 0.1) is 4.90 Å². The summed E-state index contributed by atoms with van der Waals surface area (Å²) < 4.78 is 27.3. The topological polar surface area (TPSA) is 57.6 Å². The molecule has 19 heavy (non-hydrogen) atoms. The number of rotatable bonds is 4. The fraction of sp³-hybridized carbons (Fsp3) is 0.538. The number of hydrogen-bond donors (Lipinski definition) is 1. The van der Waals surface area contributed by atoms with Crippen molar-refractivity contribution in [1.82, 2.24) is 4.31 Å². The number of sulfonamides is 1. The summed E-state index contributed by atoms with van der Waals surface area (Å²) >= 11 is 3.30. The summed E-state index contributed by atoms with van der Waals surface area (Å²) in [6.45, 7) is 1.27. The smallest absolute Gasteiger partial charge is 0.243 e. The Morgan fingerprint density at radius 1 is 1.21 bits per heavy atom. The Hall–Kier alpha value is -0.430. The van der Waals surface area contributed by atoms with Gasteiger partial charge in [-0.05, 0) is 49.4 Å². The fourth-order valence-corrected chi connectivity index (χ4v) is 4.11. The van der Waals surface area contributed by atoms with Gasteiger partial charge in [-0.3, -0.25) is 0 Å². The van der Waals surface area contributed by atoms with Crippen LogP contribution in [0, 0.1) is 5.92 Å². The van der Waals surface area contributed by atoms with Crippen LogP contribution in [-0.4, -0.2) is 37.5 Å². The molecule has 1 aromatic rings. The number of hydrogen-bond acceptors (Lipinski definition) is 3. The SMILES string of the molecule is O=S(=O)(c1ccc(Br)cc1)N1CCC(CCO)CC1. The van der Waals surface area contributed by atoms with E-state index in [2.05, 4.69) is 15.9 Å². The van der Waals surface area contributed by atoms with Crippen LogP contribution in [-0.2, 0) is 10.0 Å². The molecule has 2 rings (SSSR count). The van der Waals surface area contributed by atoms with Crippen molar-refractivity contribution in [3.63, 3.8) is 0 Å². The van der Waals surface area contributed by atoms with Crippen molar-refractivity contribution >= 4 is 26.0 Å². The first-order chi connectivity index (χ1) is 9.04. The summed E-state index contributed by atoms with van der Waals surface area (Å²) in [4.78, 5) is 0.344. The molecule has 0 bridgehead atoms. The van der Waals surface area contributed by atoms with Crippen molar-refractivity contribution in [3.8, 4) is 0 Å². The third kappa shape index (κ3) is 3.56. The minimum atomic E-state index is -3.37. The van der Waals surface area contributed by atoms with Gasteiger partial charge in [-0.15, -0.1) is 0 Å². The van der Waals surface area contributed by atoms with Gasteiger partial charge in [-0.2, -0.15) is 4.31 Å². The molecular weight excluding hydrogens is 330 g/mol. The van der Waals surface area contributed by atoms with E-state index in [1.54, 1.807) is 28.6 Å². The number of piperidine rings is 1. The lowest BCUT2D eigenvalue weighted by Crippen LogP contribution is -2.38. The minimum Gasteiger partial charge on any atom is -0.396 e. The Morgan fingerprint density at radius 3 is 2.32 bits per heavy atom. The van der Waals surface area contributed by atoms with Crippen LogP contribution in [0.4, 0.5) is 0 Å². The molecule has 0 spiro atoms. The van der Waals surface area contributed by atoms with Crippen LogP contribution in [0.3, 0.4) is 0 Å². The first kappa shape index (κ1) is 15.0. The normalized spacial score (nSPS) is 18.6. The monoisotopic (exact) mass is 347 g/mol. The maximum Gasteiger partial charge on any atom is 0.243 e. The number of nitrogens with zero attached hydrogens (tertiary/aromatic N) is 1. The summed E-state index contributed by atoms with van der Waals surface area (Å²) in [5.74, 6) is 0.446. The van der Waals surface area contributed by atoms with Crippen molar-refractivity contribution in [2.45, 2.75) is 24.2 Å². The maximum atomic E-state index is 12.4. The molecule has 6 heteroatoms. The molecule has 0 aliphatic carbocycles. The lowest BCUT2D eigenvalue weighted by Gasteiger charge is -2.30. The number of aliphatic hydroxyl groups excluding tert-OH is 1. The Morgan fingerprint density at radius 2 is 1.79 bits per heavy atom. The second kappa shape index (κ2) is 6.35. The molecule has 1 N–H and O–H groups in total. The van der Waals surface area contributed by atoms with E-state index in [4.69, 9.17) is 5.11 Å². The van der Waals surface area contributed by atoms with Gasteiger partial charge in [-0.1, -0.05) is 15.9 Å². The molecule has 0 aromatic heterocycles. The average Bonchev–Trinajstić information content (AvgIpc) is 2.40. The molecule has 0 saturated carbocycles. The zero-order valence-electron chi connectivity index (χ0n) is 10.6. The highest BCUT2D eigenvalue weighted by molar-refractivity contribution is 9.10. The van der Waals surface area contributed by atoms with E-state index < -0.39 is 10.0 Å². The van der Waals surface area contributed by atoms with Crippen LogP contribution < -0.4 is 0 Å². The second-order valence-electron chi connectivity index (χ2n) is 4.81. The van der Waals surface area contributed by atoms with Crippen LogP contribution in [0.5, 0.6) is 0 Å². The van der Waals surface area contributed by atoms with Gasteiger partial charge in [0.15, 0.2) is 0 Å². The van der Waals surface area contributed by atoms with Crippen LogP contribution in [0.1, 0.15) is 19.3 Å². The maximum absolute atomic E-state index is 12.4. The van der Waals surface area contributed by atoms with Crippen LogP contribution in [0.2, 0.25) is 0 Å². The molecule has 0 amide bonds. The van der Waals surface area contributed by atoms with Crippen LogP contribution in [0.25, 0.3) is 0 Å². The Kier molecular flexibility index (Phi) is 5.00. The summed E-state index contributed by atoms with van der Waals surface area (Å²) in [6, 6.07) is 6.73. The molecule has 106 valence electrons.